The lowest BCUT2D eigenvalue weighted by Crippen LogP contribution is -2.48. The van der Waals surface area contributed by atoms with Crippen LogP contribution in [-0.2, 0) is 12.8 Å². The number of rotatable bonds is 2. The van der Waals surface area contributed by atoms with E-state index < -0.39 is 0 Å². The molecule has 0 bridgehead atoms. The van der Waals surface area contributed by atoms with Crippen molar-refractivity contribution in [3.05, 3.63) is 59.4 Å². The molecule has 4 nitrogen and oxygen atoms in total. The van der Waals surface area contributed by atoms with Gasteiger partial charge in [-0.3, -0.25) is 9.78 Å². The number of hydrogen-bond acceptors (Lipinski definition) is 3. The molecule has 0 N–H and O–H groups in total. The normalized spacial score (nSPS) is 21.0. The summed E-state index contributed by atoms with van der Waals surface area (Å²) < 4.78 is 0. The number of anilines is 1. The van der Waals surface area contributed by atoms with Crippen LogP contribution in [0.2, 0.25) is 0 Å². The van der Waals surface area contributed by atoms with Gasteiger partial charge in [0, 0.05) is 49.8 Å². The van der Waals surface area contributed by atoms with Crippen LogP contribution >= 0.6 is 0 Å². The molecule has 0 radical (unpaired) electrons. The lowest BCUT2D eigenvalue weighted by Gasteiger charge is -2.47. The number of aryl methyl sites for hydroxylation is 1. The standard InChI is InChI=1S/C24H29N3O/c28-23(22-6-2-4-19-3-1-5-21(19)22)27-17-11-24(12-18-27)9-15-26(16-10-24)20-7-13-25-14-8-20/h2,4,6-8,13-14H,1,3,5,9-12,15-18H2. The Kier molecular flexibility index (Phi) is 4.58. The molecule has 0 atom stereocenters. The minimum Gasteiger partial charge on any atom is -0.371 e. The number of amides is 1. The molecule has 3 aliphatic rings. The van der Waals surface area contributed by atoms with E-state index in [0.717, 1.165) is 57.4 Å². The maximum absolute atomic E-state index is 13.2. The Morgan fingerprint density at radius 2 is 1.61 bits per heavy atom. The molecule has 5 rings (SSSR count). The highest BCUT2D eigenvalue weighted by molar-refractivity contribution is 5.96. The van der Waals surface area contributed by atoms with Gasteiger partial charge in [0.25, 0.3) is 5.91 Å². The van der Waals surface area contributed by atoms with Crippen molar-refractivity contribution in [2.45, 2.75) is 44.9 Å². The molecule has 0 unspecified atom stereocenters. The summed E-state index contributed by atoms with van der Waals surface area (Å²) in [4.78, 5) is 21.9. The van der Waals surface area contributed by atoms with Crippen LogP contribution in [0.1, 0.15) is 53.6 Å². The Balaban J connectivity index is 1.21. The smallest absolute Gasteiger partial charge is 0.254 e. The second kappa shape index (κ2) is 7.23. The summed E-state index contributed by atoms with van der Waals surface area (Å²) >= 11 is 0. The van der Waals surface area contributed by atoms with Crippen LogP contribution in [-0.4, -0.2) is 42.0 Å². The fraction of sp³-hybridized carbons (Fsp3) is 0.500. The lowest BCUT2D eigenvalue weighted by molar-refractivity contribution is 0.0514. The lowest BCUT2D eigenvalue weighted by atomic mass is 9.71. The van der Waals surface area contributed by atoms with Gasteiger partial charge in [-0.05, 0) is 79.7 Å². The van der Waals surface area contributed by atoms with E-state index in [1.54, 1.807) is 0 Å². The van der Waals surface area contributed by atoms with Crippen molar-refractivity contribution in [2.24, 2.45) is 5.41 Å². The monoisotopic (exact) mass is 375 g/mol. The van der Waals surface area contributed by atoms with E-state index in [-0.39, 0.29) is 5.91 Å². The van der Waals surface area contributed by atoms with Gasteiger partial charge in [-0.2, -0.15) is 0 Å². The highest BCUT2D eigenvalue weighted by Crippen LogP contribution is 2.42. The largest absolute Gasteiger partial charge is 0.371 e. The first-order chi connectivity index (χ1) is 13.7. The molecule has 3 heterocycles. The van der Waals surface area contributed by atoms with Crippen LogP contribution < -0.4 is 4.90 Å². The summed E-state index contributed by atoms with van der Waals surface area (Å²) in [5, 5.41) is 0. The molecule has 2 aromatic rings. The Bertz CT molecular complexity index is 845. The van der Waals surface area contributed by atoms with E-state index >= 15 is 0 Å². The highest BCUT2D eigenvalue weighted by atomic mass is 16.2. The van der Waals surface area contributed by atoms with E-state index in [2.05, 4.69) is 39.0 Å². The van der Waals surface area contributed by atoms with Gasteiger partial charge in [-0.1, -0.05) is 12.1 Å². The molecule has 1 amide bonds. The van der Waals surface area contributed by atoms with Gasteiger partial charge in [0.2, 0.25) is 0 Å². The first kappa shape index (κ1) is 17.7. The van der Waals surface area contributed by atoms with Gasteiger partial charge in [0.05, 0.1) is 0 Å². The van der Waals surface area contributed by atoms with Crippen molar-refractivity contribution < 1.29 is 4.79 Å². The Labute approximate surface area is 167 Å². The average molecular weight is 376 g/mol. The summed E-state index contributed by atoms with van der Waals surface area (Å²) in [5.74, 6) is 0.267. The first-order valence-electron chi connectivity index (χ1n) is 10.8. The van der Waals surface area contributed by atoms with Gasteiger partial charge >= 0.3 is 0 Å². The number of carbonyl (C=O) groups excluding carboxylic acids is 1. The maximum atomic E-state index is 13.2. The van der Waals surface area contributed by atoms with Gasteiger partial charge in [0.1, 0.15) is 0 Å². The molecule has 1 aliphatic carbocycles. The molecule has 0 saturated carbocycles. The summed E-state index contributed by atoms with van der Waals surface area (Å²) in [6, 6.07) is 10.5. The average Bonchev–Trinajstić information content (AvgIpc) is 3.24. The third-order valence-electron chi connectivity index (χ3n) is 7.34. The van der Waals surface area contributed by atoms with Crippen molar-refractivity contribution in [3.63, 3.8) is 0 Å². The summed E-state index contributed by atoms with van der Waals surface area (Å²) in [6.45, 7) is 4.06. The molecular weight excluding hydrogens is 346 g/mol. The Morgan fingerprint density at radius 3 is 2.36 bits per heavy atom. The molecule has 28 heavy (non-hydrogen) atoms. The van der Waals surface area contributed by atoms with Crippen LogP contribution in [0, 0.1) is 5.41 Å². The maximum Gasteiger partial charge on any atom is 0.254 e. The zero-order chi connectivity index (χ0) is 19.0. The van der Waals surface area contributed by atoms with Crippen LogP contribution in [0.25, 0.3) is 0 Å². The summed E-state index contributed by atoms with van der Waals surface area (Å²) in [7, 11) is 0. The first-order valence-corrected chi connectivity index (χ1v) is 10.8. The van der Waals surface area contributed by atoms with E-state index in [0.29, 0.717) is 5.41 Å². The van der Waals surface area contributed by atoms with Gasteiger partial charge < -0.3 is 9.80 Å². The number of hydrogen-bond donors (Lipinski definition) is 0. The molecule has 1 spiro atoms. The minimum absolute atomic E-state index is 0.267. The summed E-state index contributed by atoms with van der Waals surface area (Å²) in [5.41, 5.74) is 5.40. The topological polar surface area (TPSA) is 36.4 Å². The van der Waals surface area contributed by atoms with E-state index in [1.807, 2.05) is 18.5 Å². The second-order valence-electron chi connectivity index (χ2n) is 8.78. The van der Waals surface area contributed by atoms with E-state index in [4.69, 9.17) is 0 Å². The zero-order valence-electron chi connectivity index (χ0n) is 16.6. The fourth-order valence-electron chi connectivity index (χ4n) is 5.47. The van der Waals surface area contributed by atoms with Crippen LogP contribution in [0.15, 0.2) is 42.7 Å². The van der Waals surface area contributed by atoms with Crippen molar-refractivity contribution >= 4 is 11.6 Å². The van der Waals surface area contributed by atoms with Crippen LogP contribution in [0.3, 0.4) is 0 Å². The predicted octanol–water partition coefficient (Wildman–Crippen LogP) is 4.09. The SMILES string of the molecule is O=C(c1cccc2c1CCC2)N1CCC2(CC1)CCN(c1ccncc1)CC2. The zero-order valence-corrected chi connectivity index (χ0v) is 16.6. The Morgan fingerprint density at radius 1 is 0.893 bits per heavy atom. The van der Waals surface area contributed by atoms with Crippen LogP contribution in [0.4, 0.5) is 5.69 Å². The van der Waals surface area contributed by atoms with E-state index in [9.17, 15) is 4.79 Å². The van der Waals surface area contributed by atoms with Gasteiger partial charge in [-0.25, -0.2) is 0 Å². The number of fused-ring (bicyclic) bond motifs is 1. The highest BCUT2D eigenvalue weighted by Gasteiger charge is 2.39. The molecular formula is C24H29N3O. The number of nitrogens with zero attached hydrogens (tertiary/aromatic N) is 3. The quantitative estimate of drug-likeness (QED) is 0.793. The van der Waals surface area contributed by atoms with E-state index in [1.165, 1.54) is 36.1 Å². The second-order valence-corrected chi connectivity index (χ2v) is 8.78. The molecule has 2 saturated heterocycles. The number of aromatic nitrogens is 1. The third-order valence-corrected chi connectivity index (χ3v) is 7.34. The number of likely N-dealkylation sites (tertiary alicyclic amines) is 1. The number of piperidine rings is 2. The fourth-order valence-corrected chi connectivity index (χ4v) is 5.47. The Hall–Kier alpha value is -2.36. The molecule has 2 aliphatic heterocycles. The molecule has 4 heteroatoms. The van der Waals surface area contributed by atoms with Crippen molar-refractivity contribution in [2.75, 3.05) is 31.1 Å². The molecule has 1 aromatic heterocycles. The van der Waals surface area contributed by atoms with Crippen molar-refractivity contribution in [1.29, 1.82) is 0 Å². The van der Waals surface area contributed by atoms with Crippen LogP contribution in [0.5, 0.6) is 0 Å². The third kappa shape index (κ3) is 3.19. The van der Waals surface area contributed by atoms with Gasteiger partial charge in [0.15, 0.2) is 0 Å². The van der Waals surface area contributed by atoms with Gasteiger partial charge in [-0.15, -0.1) is 0 Å². The number of benzene rings is 1. The number of carbonyl (C=O) groups is 1. The minimum atomic E-state index is 0.267. The van der Waals surface area contributed by atoms with Crippen molar-refractivity contribution in [3.8, 4) is 0 Å². The molecule has 146 valence electrons. The van der Waals surface area contributed by atoms with Crippen molar-refractivity contribution in [1.82, 2.24) is 9.88 Å². The predicted molar refractivity (Wildman–Crippen MR) is 112 cm³/mol. The molecule has 1 aromatic carbocycles. The molecule has 2 fully saturated rings. The summed E-state index contributed by atoms with van der Waals surface area (Å²) in [6.07, 6.45) is 11.9. The number of pyridine rings is 1.